The number of hydrogen-bond acceptors (Lipinski definition) is 5. The van der Waals surface area contributed by atoms with E-state index in [9.17, 15) is 21.6 Å². The summed E-state index contributed by atoms with van der Waals surface area (Å²) in [5.74, 6) is -0.357. The average Bonchev–Trinajstić information content (AvgIpc) is 2.92. The van der Waals surface area contributed by atoms with E-state index in [4.69, 9.17) is 11.6 Å². The maximum absolute atomic E-state index is 12.5. The first-order chi connectivity index (χ1) is 11.9. The number of sulfonamides is 2. The van der Waals surface area contributed by atoms with Gasteiger partial charge in [0, 0.05) is 18.2 Å². The van der Waals surface area contributed by atoms with Crippen LogP contribution in [-0.2, 0) is 20.0 Å². The lowest BCUT2D eigenvalue weighted by Gasteiger charge is -2.21. The highest BCUT2D eigenvalue weighted by atomic mass is 35.5. The Hall–Kier alpha value is -1.36. The highest BCUT2D eigenvalue weighted by molar-refractivity contribution is 7.92. The molecule has 146 valence electrons. The number of halogens is 1. The molecular weight excluding hydrogens is 402 g/mol. The van der Waals surface area contributed by atoms with Crippen LogP contribution in [0, 0.1) is 5.92 Å². The maximum atomic E-state index is 12.5. The molecule has 1 aromatic rings. The first-order valence-electron chi connectivity index (χ1n) is 7.97. The van der Waals surface area contributed by atoms with Crippen molar-refractivity contribution in [2.75, 3.05) is 23.8 Å². The van der Waals surface area contributed by atoms with Gasteiger partial charge in [0.15, 0.2) is 0 Å². The van der Waals surface area contributed by atoms with Gasteiger partial charge >= 0.3 is 0 Å². The molecule has 1 aliphatic rings. The topological polar surface area (TPSA) is 121 Å². The van der Waals surface area contributed by atoms with E-state index < -0.39 is 20.0 Å². The molecule has 3 N–H and O–H groups in total. The second-order valence-electron chi connectivity index (χ2n) is 6.46. The van der Waals surface area contributed by atoms with Gasteiger partial charge in [0.1, 0.15) is 0 Å². The van der Waals surface area contributed by atoms with Crippen LogP contribution in [-0.4, -0.2) is 47.8 Å². The van der Waals surface area contributed by atoms with E-state index in [1.54, 1.807) is 0 Å². The van der Waals surface area contributed by atoms with Crippen molar-refractivity contribution in [3.63, 3.8) is 0 Å². The third kappa shape index (κ3) is 6.42. The molecule has 8 nitrogen and oxygen atoms in total. The predicted molar refractivity (Wildman–Crippen MR) is 101 cm³/mol. The van der Waals surface area contributed by atoms with Crippen LogP contribution in [0.3, 0.4) is 0 Å². The van der Waals surface area contributed by atoms with Crippen molar-refractivity contribution in [1.82, 2.24) is 10.0 Å². The van der Waals surface area contributed by atoms with Gasteiger partial charge in [-0.25, -0.2) is 21.6 Å². The lowest BCUT2D eigenvalue weighted by molar-refractivity contribution is 0.0928. The van der Waals surface area contributed by atoms with Gasteiger partial charge in [-0.2, -0.15) is 0 Å². The molecule has 26 heavy (non-hydrogen) atoms. The number of carbonyl (C=O) groups is 1. The smallest absolute Gasteiger partial charge is 0.251 e. The van der Waals surface area contributed by atoms with Crippen molar-refractivity contribution in [2.24, 2.45) is 5.92 Å². The summed E-state index contributed by atoms with van der Waals surface area (Å²) < 4.78 is 50.0. The first-order valence-corrected chi connectivity index (χ1v) is 12.1. The zero-order valence-corrected chi connectivity index (χ0v) is 16.8. The number of nitrogens with one attached hydrogen (secondary N) is 3. The fourth-order valence-electron chi connectivity index (χ4n) is 2.93. The van der Waals surface area contributed by atoms with Crippen molar-refractivity contribution >= 4 is 43.2 Å². The largest absolute Gasteiger partial charge is 0.349 e. The van der Waals surface area contributed by atoms with Crippen LogP contribution in [0.25, 0.3) is 0 Å². The Balaban J connectivity index is 2.08. The van der Waals surface area contributed by atoms with Gasteiger partial charge in [-0.05, 0) is 37.0 Å². The Morgan fingerprint density at radius 2 is 1.85 bits per heavy atom. The fourth-order valence-corrected chi connectivity index (χ4v) is 4.23. The SMILES string of the molecule is CS(=O)(=O)NC[C@@H]1CCC[C@@H]1NC(=O)c1ccc(Cl)c(NS(C)(=O)=O)c1. The first kappa shape index (κ1) is 20.9. The molecule has 0 aromatic heterocycles. The van der Waals surface area contributed by atoms with Crippen LogP contribution >= 0.6 is 11.6 Å². The van der Waals surface area contributed by atoms with Gasteiger partial charge in [0.25, 0.3) is 5.91 Å². The second-order valence-corrected chi connectivity index (χ2v) is 10.4. The van der Waals surface area contributed by atoms with Crippen LogP contribution < -0.4 is 14.8 Å². The van der Waals surface area contributed by atoms with Gasteiger partial charge < -0.3 is 5.32 Å². The van der Waals surface area contributed by atoms with E-state index >= 15 is 0 Å². The fraction of sp³-hybridized carbons (Fsp3) is 0.533. The van der Waals surface area contributed by atoms with E-state index in [-0.39, 0.29) is 40.7 Å². The number of anilines is 1. The summed E-state index contributed by atoms with van der Waals surface area (Å²) in [5.41, 5.74) is 0.394. The van der Waals surface area contributed by atoms with E-state index in [2.05, 4.69) is 14.8 Å². The normalized spacial score (nSPS) is 20.7. The standard InChI is InChI=1S/C15H22ClN3O5S2/c1-25(21,22)17-9-11-4-3-5-13(11)18-15(20)10-6-7-12(16)14(8-10)19-26(2,23)24/h6-8,11,13,17,19H,3-5,9H2,1-2H3,(H,18,20)/t11-,13-/m0/s1. The molecule has 1 amide bonds. The lowest BCUT2D eigenvalue weighted by Crippen LogP contribution is -2.41. The van der Waals surface area contributed by atoms with Crippen LogP contribution in [0.1, 0.15) is 29.6 Å². The molecule has 0 spiro atoms. The molecule has 0 aliphatic heterocycles. The van der Waals surface area contributed by atoms with E-state index in [1.807, 2.05) is 0 Å². The van der Waals surface area contributed by atoms with Crippen molar-refractivity contribution in [2.45, 2.75) is 25.3 Å². The van der Waals surface area contributed by atoms with Crippen molar-refractivity contribution < 1.29 is 21.6 Å². The molecule has 1 aromatic carbocycles. The molecule has 1 saturated carbocycles. The molecule has 2 atom stereocenters. The quantitative estimate of drug-likeness (QED) is 0.607. The molecule has 1 aliphatic carbocycles. The number of rotatable bonds is 7. The molecule has 0 saturated heterocycles. The summed E-state index contributed by atoms with van der Waals surface area (Å²) in [4.78, 5) is 12.5. The highest BCUT2D eigenvalue weighted by Crippen LogP contribution is 2.27. The summed E-state index contributed by atoms with van der Waals surface area (Å²) in [7, 11) is -6.81. The zero-order valence-electron chi connectivity index (χ0n) is 14.5. The summed E-state index contributed by atoms with van der Waals surface area (Å²) in [5, 5.41) is 3.08. The second kappa shape index (κ2) is 8.12. The van der Waals surface area contributed by atoms with E-state index in [0.717, 1.165) is 31.8 Å². The van der Waals surface area contributed by atoms with E-state index in [0.29, 0.717) is 0 Å². The average molecular weight is 424 g/mol. The van der Waals surface area contributed by atoms with Crippen LogP contribution in [0.15, 0.2) is 18.2 Å². The van der Waals surface area contributed by atoms with Gasteiger partial charge in [0.05, 0.1) is 23.2 Å². The van der Waals surface area contributed by atoms with Gasteiger partial charge in [-0.1, -0.05) is 18.0 Å². The van der Waals surface area contributed by atoms with E-state index in [1.165, 1.54) is 18.2 Å². The van der Waals surface area contributed by atoms with Gasteiger partial charge in [-0.3, -0.25) is 9.52 Å². The Kier molecular flexibility index (Phi) is 6.54. The number of amides is 1. The minimum Gasteiger partial charge on any atom is -0.349 e. The van der Waals surface area contributed by atoms with Crippen molar-refractivity contribution in [3.8, 4) is 0 Å². The van der Waals surface area contributed by atoms with Crippen LogP contribution in [0.4, 0.5) is 5.69 Å². The molecule has 11 heteroatoms. The zero-order chi connectivity index (χ0) is 19.5. The minimum absolute atomic E-state index is 0.00888. The Morgan fingerprint density at radius 3 is 2.46 bits per heavy atom. The predicted octanol–water partition coefficient (Wildman–Crippen LogP) is 1.16. The summed E-state index contributed by atoms with van der Waals surface area (Å²) in [6.45, 7) is 0.269. The third-order valence-corrected chi connectivity index (χ3v) is 5.72. The summed E-state index contributed by atoms with van der Waals surface area (Å²) in [6, 6.07) is 4.17. The maximum Gasteiger partial charge on any atom is 0.251 e. The number of benzene rings is 1. The molecule has 0 heterocycles. The molecule has 2 rings (SSSR count). The Morgan fingerprint density at radius 1 is 1.15 bits per heavy atom. The third-order valence-electron chi connectivity index (χ3n) is 4.11. The monoisotopic (exact) mass is 423 g/mol. The molecule has 0 unspecified atom stereocenters. The van der Waals surface area contributed by atoms with Crippen molar-refractivity contribution in [1.29, 1.82) is 0 Å². The Bertz CT molecular complexity index is 887. The number of carbonyl (C=O) groups excluding carboxylic acids is 1. The summed E-state index contributed by atoms with van der Waals surface area (Å²) in [6.07, 6.45) is 4.55. The highest BCUT2D eigenvalue weighted by Gasteiger charge is 2.29. The van der Waals surface area contributed by atoms with Crippen molar-refractivity contribution in [3.05, 3.63) is 28.8 Å². The number of hydrogen-bond donors (Lipinski definition) is 3. The van der Waals surface area contributed by atoms with Crippen LogP contribution in [0.5, 0.6) is 0 Å². The molecule has 0 radical (unpaired) electrons. The van der Waals surface area contributed by atoms with Gasteiger partial charge in [-0.15, -0.1) is 0 Å². The summed E-state index contributed by atoms with van der Waals surface area (Å²) >= 11 is 5.96. The van der Waals surface area contributed by atoms with Crippen LogP contribution in [0.2, 0.25) is 5.02 Å². The lowest BCUT2D eigenvalue weighted by atomic mass is 10.0. The molecule has 0 bridgehead atoms. The molecule has 1 fully saturated rings. The molecular formula is C15H22ClN3O5S2. The minimum atomic E-state index is -3.53. The Labute approximate surface area is 158 Å². The van der Waals surface area contributed by atoms with Gasteiger partial charge in [0.2, 0.25) is 20.0 Å².